The van der Waals surface area contributed by atoms with Crippen LogP contribution in [0, 0.1) is 0 Å². The van der Waals surface area contributed by atoms with Gasteiger partial charge in [-0.2, -0.15) is 0 Å². The molecule has 2 nitrogen and oxygen atoms in total. The van der Waals surface area contributed by atoms with E-state index in [2.05, 4.69) is 15.9 Å². The number of hydrogen-bond donors (Lipinski definition) is 1. The molecule has 0 saturated heterocycles. The van der Waals surface area contributed by atoms with Crippen LogP contribution >= 0.6 is 27.5 Å². The van der Waals surface area contributed by atoms with Gasteiger partial charge in [0.05, 0.1) is 0 Å². The highest BCUT2D eigenvalue weighted by molar-refractivity contribution is 9.08. The first-order valence-corrected chi connectivity index (χ1v) is 6.94. The van der Waals surface area contributed by atoms with E-state index in [0.29, 0.717) is 17.0 Å². The molecule has 0 spiro atoms. The quantitative estimate of drug-likeness (QED) is 0.837. The van der Waals surface area contributed by atoms with Gasteiger partial charge in [-0.25, -0.2) is 0 Å². The molecule has 0 radical (unpaired) electrons. The number of halogens is 2. The predicted octanol–water partition coefficient (Wildman–Crippen LogP) is 4.52. The minimum atomic E-state index is 0.243. The SMILES string of the molecule is Oc1cccc(COc2ccc(Cl)cc2CBr)c1. The van der Waals surface area contributed by atoms with Crippen molar-refractivity contribution in [3.8, 4) is 11.5 Å². The van der Waals surface area contributed by atoms with Crippen molar-refractivity contribution >= 4 is 27.5 Å². The molecule has 94 valence electrons. The highest BCUT2D eigenvalue weighted by Crippen LogP contribution is 2.26. The summed E-state index contributed by atoms with van der Waals surface area (Å²) in [7, 11) is 0. The Kier molecular flexibility index (Phi) is 4.50. The summed E-state index contributed by atoms with van der Waals surface area (Å²) in [6, 6.07) is 12.5. The number of ether oxygens (including phenoxy) is 1. The zero-order valence-corrected chi connectivity index (χ0v) is 11.9. The minimum Gasteiger partial charge on any atom is -0.508 e. The number of hydrogen-bond acceptors (Lipinski definition) is 2. The van der Waals surface area contributed by atoms with Crippen LogP contribution in [0.2, 0.25) is 5.02 Å². The van der Waals surface area contributed by atoms with Crippen LogP contribution in [0.15, 0.2) is 42.5 Å². The number of phenols is 1. The molecule has 0 aromatic heterocycles. The van der Waals surface area contributed by atoms with Crippen molar-refractivity contribution in [3.63, 3.8) is 0 Å². The molecule has 0 aliphatic rings. The predicted molar refractivity (Wildman–Crippen MR) is 76.5 cm³/mol. The molecule has 0 heterocycles. The van der Waals surface area contributed by atoms with Crippen LogP contribution in [-0.2, 0) is 11.9 Å². The summed E-state index contributed by atoms with van der Waals surface area (Å²) in [5.41, 5.74) is 1.92. The highest BCUT2D eigenvalue weighted by Gasteiger charge is 2.04. The number of alkyl halides is 1. The fraction of sp³-hybridized carbons (Fsp3) is 0.143. The molecular weight excluding hydrogens is 316 g/mol. The molecule has 2 aromatic rings. The second-order valence-electron chi connectivity index (χ2n) is 3.84. The van der Waals surface area contributed by atoms with Gasteiger partial charge < -0.3 is 9.84 Å². The first kappa shape index (κ1) is 13.2. The van der Waals surface area contributed by atoms with Gasteiger partial charge in [-0.05, 0) is 35.9 Å². The Morgan fingerprint density at radius 1 is 1.17 bits per heavy atom. The van der Waals surface area contributed by atoms with Crippen molar-refractivity contribution < 1.29 is 9.84 Å². The van der Waals surface area contributed by atoms with Crippen molar-refractivity contribution in [3.05, 3.63) is 58.6 Å². The van der Waals surface area contributed by atoms with Crippen molar-refractivity contribution in [1.82, 2.24) is 0 Å². The largest absolute Gasteiger partial charge is 0.508 e. The van der Waals surface area contributed by atoms with Gasteiger partial charge in [0.2, 0.25) is 0 Å². The van der Waals surface area contributed by atoms with E-state index in [0.717, 1.165) is 16.9 Å². The normalized spacial score (nSPS) is 10.3. The maximum atomic E-state index is 9.37. The van der Waals surface area contributed by atoms with Crippen LogP contribution < -0.4 is 4.74 Å². The van der Waals surface area contributed by atoms with E-state index in [4.69, 9.17) is 16.3 Å². The van der Waals surface area contributed by atoms with Crippen LogP contribution in [0.3, 0.4) is 0 Å². The van der Waals surface area contributed by atoms with Gasteiger partial charge in [0.1, 0.15) is 18.1 Å². The van der Waals surface area contributed by atoms with Crippen molar-refractivity contribution in [2.45, 2.75) is 11.9 Å². The summed E-state index contributed by atoms with van der Waals surface area (Å²) >= 11 is 9.33. The fourth-order valence-corrected chi connectivity index (χ4v) is 2.23. The van der Waals surface area contributed by atoms with Crippen LogP contribution in [-0.4, -0.2) is 5.11 Å². The lowest BCUT2D eigenvalue weighted by molar-refractivity contribution is 0.303. The Morgan fingerprint density at radius 2 is 2.00 bits per heavy atom. The minimum absolute atomic E-state index is 0.243. The van der Waals surface area contributed by atoms with E-state index >= 15 is 0 Å². The van der Waals surface area contributed by atoms with E-state index in [-0.39, 0.29) is 5.75 Å². The molecule has 0 saturated carbocycles. The lowest BCUT2D eigenvalue weighted by atomic mass is 10.2. The average molecular weight is 328 g/mol. The molecule has 1 N–H and O–H groups in total. The zero-order chi connectivity index (χ0) is 13.0. The molecule has 0 fully saturated rings. The van der Waals surface area contributed by atoms with Gasteiger partial charge in [0.25, 0.3) is 0 Å². The summed E-state index contributed by atoms with van der Waals surface area (Å²) in [6.07, 6.45) is 0. The van der Waals surface area contributed by atoms with E-state index in [1.807, 2.05) is 18.2 Å². The van der Waals surface area contributed by atoms with Crippen LogP contribution in [0.1, 0.15) is 11.1 Å². The topological polar surface area (TPSA) is 29.5 Å². The summed E-state index contributed by atoms with van der Waals surface area (Å²) in [5, 5.41) is 10.7. The Labute approximate surface area is 119 Å². The molecule has 2 aromatic carbocycles. The zero-order valence-electron chi connectivity index (χ0n) is 9.57. The van der Waals surface area contributed by atoms with Crippen LogP contribution in [0.5, 0.6) is 11.5 Å². The molecule has 0 aliphatic heterocycles. The standard InChI is InChI=1S/C14H12BrClO2/c15-8-11-7-12(16)4-5-14(11)18-9-10-2-1-3-13(17)6-10/h1-7,17H,8-9H2. The van der Waals surface area contributed by atoms with Gasteiger partial charge in [0, 0.05) is 15.9 Å². The van der Waals surface area contributed by atoms with Gasteiger partial charge in [-0.3, -0.25) is 0 Å². The van der Waals surface area contributed by atoms with E-state index in [1.165, 1.54) is 0 Å². The molecule has 0 unspecified atom stereocenters. The smallest absolute Gasteiger partial charge is 0.123 e. The Bertz CT molecular complexity index is 543. The summed E-state index contributed by atoms with van der Waals surface area (Å²) in [6.45, 7) is 0.413. The van der Waals surface area contributed by atoms with Crippen molar-refractivity contribution in [2.24, 2.45) is 0 Å². The summed E-state index contributed by atoms with van der Waals surface area (Å²) in [5.74, 6) is 1.03. The molecule has 2 rings (SSSR count). The van der Waals surface area contributed by atoms with Crippen molar-refractivity contribution in [2.75, 3.05) is 0 Å². The summed E-state index contributed by atoms with van der Waals surface area (Å²) in [4.78, 5) is 0. The third-order valence-electron chi connectivity index (χ3n) is 2.47. The first-order valence-electron chi connectivity index (χ1n) is 5.44. The molecule has 0 amide bonds. The Balaban J connectivity index is 2.10. The van der Waals surface area contributed by atoms with Crippen LogP contribution in [0.4, 0.5) is 0 Å². The molecule has 0 bridgehead atoms. The van der Waals surface area contributed by atoms with Crippen LogP contribution in [0.25, 0.3) is 0 Å². The number of rotatable bonds is 4. The highest BCUT2D eigenvalue weighted by atomic mass is 79.9. The van der Waals surface area contributed by atoms with E-state index < -0.39 is 0 Å². The lowest BCUT2D eigenvalue weighted by Crippen LogP contribution is -1.97. The maximum Gasteiger partial charge on any atom is 0.123 e. The molecule has 0 aliphatic carbocycles. The number of benzene rings is 2. The van der Waals surface area contributed by atoms with E-state index in [1.54, 1.807) is 24.3 Å². The molecule has 0 atom stereocenters. The third kappa shape index (κ3) is 3.40. The van der Waals surface area contributed by atoms with Gasteiger partial charge in [0.15, 0.2) is 0 Å². The molecule has 4 heteroatoms. The lowest BCUT2D eigenvalue weighted by Gasteiger charge is -2.10. The first-order chi connectivity index (χ1) is 8.69. The van der Waals surface area contributed by atoms with Gasteiger partial charge >= 0.3 is 0 Å². The van der Waals surface area contributed by atoms with Gasteiger partial charge in [-0.15, -0.1) is 0 Å². The molecule has 18 heavy (non-hydrogen) atoms. The summed E-state index contributed by atoms with van der Waals surface area (Å²) < 4.78 is 5.72. The second kappa shape index (κ2) is 6.12. The Morgan fingerprint density at radius 3 is 2.72 bits per heavy atom. The monoisotopic (exact) mass is 326 g/mol. The maximum absolute atomic E-state index is 9.37. The Hall–Kier alpha value is -1.19. The van der Waals surface area contributed by atoms with Crippen molar-refractivity contribution in [1.29, 1.82) is 0 Å². The average Bonchev–Trinajstić information content (AvgIpc) is 2.37. The second-order valence-corrected chi connectivity index (χ2v) is 4.84. The van der Waals surface area contributed by atoms with Gasteiger partial charge in [-0.1, -0.05) is 39.7 Å². The number of aromatic hydroxyl groups is 1. The van der Waals surface area contributed by atoms with E-state index in [9.17, 15) is 5.11 Å². The third-order valence-corrected chi connectivity index (χ3v) is 3.31. The number of phenolic OH excluding ortho intramolecular Hbond substituents is 1. The fourth-order valence-electron chi connectivity index (χ4n) is 1.60. The molecular formula is C14H12BrClO2.